The Morgan fingerprint density at radius 3 is 2.45 bits per heavy atom. The lowest BCUT2D eigenvalue weighted by molar-refractivity contribution is -0.127. The van der Waals surface area contributed by atoms with Crippen molar-refractivity contribution in [3.05, 3.63) is 64.2 Å². The third-order valence-corrected chi connectivity index (χ3v) is 3.66. The molecule has 2 aromatic carbocycles. The van der Waals surface area contributed by atoms with Crippen molar-refractivity contribution in [2.75, 3.05) is 0 Å². The van der Waals surface area contributed by atoms with Gasteiger partial charge in [-0.05, 0) is 55.7 Å². The zero-order chi connectivity index (χ0) is 16.1. The number of hydrogen-bond donors (Lipinski definition) is 1. The van der Waals surface area contributed by atoms with Crippen LogP contribution >= 0.6 is 11.6 Å². The van der Waals surface area contributed by atoms with Gasteiger partial charge in [0.15, 0.2) is 6.10 Å². The van der Waals surface area contributed by atoms with Crippen LogP contribution in [0.1, 0.15) is 23.6 Å². The molecule has 0 unspecified atom stereocenters. The van der Waals surface area contributed by atoms with Crippen molar-refractivity contribution < 1.29 is 9.53 Å². The Morgan fingerprint density at radius 2 is 1.82 bits per heavy atom. The standard InChI is InChI=1S/C18H20ClNO2/c1-12-8-13(2)10-16(9-12)22-14(3)18(21)20-11-15-6-4-5-7-17(15)19/h4-10,14H,11H2,1-3H3,(H,20,21)/t14-/m1/s1. The monoisotopic (exact) mass is 317 g/mol. The van der Waals surface area contributed by atoms with Crippen LogP contribution in [0, 0.1) is 13.8 Å². The molecule has 2 aromatic rings. The Balaban J connectivity index is 1.93. The summed E-state index contributed by atoms with van der Waals surface area (Å²) in [6, 6.07) is 13.4. The highest BCUT2D eigenvalue weighted by molar-refractivity contribution is 6.31. The van der Waals surface area contributed by atoms with E-state index in [0.29, 0.717) is 17.3 Å². The van der Waals surface area contributed by atoms with Crippen molar-refractivity contribution in [3.8, 4) is 5.75 Å². The first-order valence-corrected chi connectivity index (χ1v) is 7.59. The molecule has 0 bridgehead atoms. The van der Waals surface area contributed by atoms with E-state index < -0.39 is 6.10 Å². The summed E-state index contributed by atoms with van der Waals surface area (Å²) >= 11 is 6.07. The van der Waals surface area contributed by atoms with Crippen molar-refractivity contribution in [3.63, 3.8) is 0 Å². The second kappa shape index (κ2) is 7.32. The molecular formula is C18H20ClNO2. The predicted molar refractivity (Wildman–Crippen MR) is 89.3 cm³/mol. The van der Waals surface area contributed by atoms with Gasteiger partial charge in [0.1, 0.15) is 5.75 Å². The van der Waals surface area contributed by atoms with Gasteiger partial charge in [-0.25, -0.2) is 0 Å². The predicted octanol–water partition coefficient (Wildman–Crippen LogP) is 4.04. The topological polar surface area (TPSA) is 38.3 Å². The second-order valence-corrected chi connectivity index (χ2v) is 5.80. The molecule has 0 saturated carbocycles. The van der Waals surface area contributed by atoms with Crippen LogP contribution in [0.5, 0.6) is 5.75 Å². The molecule has 0 radical (unpaired) electrons. The summed E-state index contributed by atoms with van der Waals surface area (Å²) in [6.07, 6.45) is -0.566. The first kappa shape index (κ1) is 16.4. The van der Waals surface area contributed by atoms with Gasteiger partial charge in [-0.1, -0.05) is 35.9 Å². The minimum Gasteiger partial charge on any atom is -0.481 e. The van der Waals surface area contributed by atoms with Gasteiger partial charge in [-0.2, -0.15) is 0 Å². The van der Waals surface area contributed by atoms with Crippen molar-refractivity contribution in [2.45, 2.75) is 33.4 Å². The highest BCUT2D eigenvalue weighted by Crippen LogP contribution is 2.18. The fraction of sp³-hybridized carbons (Fsp3) is 0.278. The van der Waals surface area contributed by atoms with E-state index in [4.69, 9.17) is 16.3 Å². The molecule has 4 heteroatoms. The number of benzene rings is 2. The van der Waals surface area contributed by atoms with Gasteiger partial charge < -0.3 is 10.1 Å². The number of aryl methyl sites for hydroxylation is 2. The summed E-state index contributed by atoms with van der Waals surface area (Å²) in [6.45, 7) is 6.13. The molecule has 22 heavy (non-hydrogen) atoms. The molecule has 1 amide bonds. The quantitative estimate of drug-likeness (QED) is 0.903. The first-order valence-electron chi connectivity index (χ1n) is 7.22. The van der Waals surface area contributed by atoms with Crippen molar-refractivity contribution in [1.82, 2.24) is 5.32 Å². The maximum absolute atomic E-state index is 12.1. The average molecular weight is 318 g/mol. The normalized spacial score (nSPS) is 11.8. The minimum absolute atomic E-state index is 0.168. The van der Waals surface area contributed by atoms with Crippen molar-refractivity contribution >= 4 is 17.5 Å². The van der Waals surface area contributed by atoms with E-state index in [1.807, 2.05) is 44.2 Å². The molecule has 2 rings (SSSR count). The molecule has 0 fully saturated rings. The Hall–Kier alpha value is -2.00. The molecule has 0 heterocycles. The smallest absolute Gasteiger partial charge is 0.261 e. The number of hydrogen-bond acceptors (Lipinski definition) is 2. The third kappa shape index (κ3) is 4.50. The fourth-order valence-electron chi connectivity index (χ4n) is 2.23. The minimum atomic E-state index is -0.566. The van der Waals surface area contributed by atoms with Gasteiger partial charge in [-0.3, -0.25) is 4.79 Å². The Kier molecular flexibility index (Phi) is 5.45. The van der Waals surface area contributed by atoms with E-state index in [2.05, 4.69) is 11.4 Å². The van der Waals surface area contributed by atoms with E-state index in [9.17, 15) is 4.79 Å². The highest BCUT2D eigenvalue weighted by Gasteiger charge is 2.15. The number of carbonyl (C=O) groups is 1. The SMILES string of the molecule is Cc1cc(C)cc(O[C@H](C)C(=O)NCc2ccccc2Cl)c1. The molecule has 0 saturated heterocycles. The zero-order valence-electron chi connectivity index (χ0n) is 13.0. The van der Waals surface area contributed by atoms with Gasteiger partial charge in [0.25, 0.3) is 5.91 Å². The summed E-state index contributed by atoms with van der Waals surface area (Å²) in [5.41, 5.74) is 3.11. The Morgan fingerprint density at radius 1 is 1.18 bits per heavy atom. The van der Waals surface area contributed by atoms with Crippen LogP contribution in [0.15, 0.2) is 42.5 Å². The van der Waals surface area contributed by atoms with E-state index in [0.717, 1.165) is 16.7 Å². The van der Waals surface area contributed by atoms with Crippen LogP contribution in [-0.2, 0) is 11.3 Å². The molecule has 0 aromatic heterocycles. The number of nitrogens with one attached hydrogen (secondary N) is 1. The highest BCUT2D eigenvalue weighted by atomic mass is 35.5. The zero-order valence-corrected chi connectivity index (χ0v) is 13.8. The van der Waals surface area contributed by atoms with Crippen molar-refractivity contribution in [2.24, 2.45) is 0 Å². The summed E-state index contributed by atoms with van der Waals surface area (Å²) < 4.78 is 5.71. The van der Waals surface area contributed by atoms with Crippen LogP contribution in [0.4, 0.5) is 0 Å². The third-order valence-electron chi connectivity index (χ3n) is 3.29. The molecule has 0 aliphatic carbocycles. The maximum Gasteiger partial charge on any atom is 0.261 e. The van der Waals surface area contributed by atoms with Crippen molar-refractivity contribution in [1.29, 1.82) is 0 Å². The van der Waals surface area contributed by atoms with E-state index in [1.165, 1.54) is 0 Å². The van der Waals surface area contributed by atoms with Crippen LogP contribution in [-0.4, -0.2) is 12.0 Å². The molecule has 0 aliphatic heterocycles. The van der Waals surface area contributed by atoms with E-state index in [1.54, 1.807) is 13.0 Å². The Bertz CT molecular complexity index is 650. The summed E-state index contributed by atoms with van der Waals surface area (Å²) in [7, 11) is 0. The number of amides is 1. The fourth-order valence-corrected chi connectivity index (χ4v) is 2.43. The van der Waals surface area contributed by atoms with Crippen LogP contribution in [0.25, 0.3) is 0 Å². The summed E-state index contributed by atoms with van der Waals surface area (Å²) in [5, 5.41) is 3.48. The molecule has 1 atom stereocenters. The molecule has 1 N–H and O–H groups in total. The lowest BCUT2D eigenvalue weighted by Gasteiger charge is -2.16. The van der Waals surface area contributed by atoms with Gasteiger partial charge in [0.2, 0.25) is 0 Å². The van der Waals surface area contributed by atoms with Gasteiger partial charge >= 0.3 is 0 Å². The van der Waals surface area contributed by atoms with Gasteiger partial charge in [0, 0.05) is 11.6 Å². The summed E-state index contributed by atoms with van der Waals surface area (Å²) in [4.78, 5) is 12.1. The van der Waals surface area contributed by atoms with Crippen LogP contribution in [0.3, 0.4) is 0 Å². The molecule has 116 valence electrons. The van der Waals surface area contributed by atoms with Crippen LogP contribution < -0.4 is 10.1 Å². The summed E-state index contributed by atoms with van der Waals surface area (Å²) in [5.74, 6) is 0.539. The number of carbonyl (C=O) groups excluding carboxylic acids is 1. The molecule has 0 spiro atoms. The second-order valence-electron chi connectivity index (χ2n) is 5.39. The van der Waals surface area contributed by atoms with Crippen LogP contribution in [0.2, 0.25) is 5.02 Å². The van der Waals surface area contributed by atoms with E-state index in [-0.39, 0.29) is 5.91 Å². The maximum atomic E-state index is 12.1. The lowest BCUT2D eigenvalue weighted by Crippen LogP contribution is -2.36. The Labute approximate surface area is 136 Å². The molecule has 0 aliphatic rings. The number of halogens is 1. The average Bonchev–Trinajstić information content (AvgIpc) is 2.45. The first-order chi connectivity index (χ1) is 10.5. The van der Waals surface area contributed by atoms with Gasteiger partial charge in [0.05, 0.1) is 0 Å². The van der Waals surface area contributed by atoms with Gasteiger partial charge in [-0.15, -0.1) is 0 Å². The van der Waals surface area contributed by atoms with E-state index >= 15 is 0 Å². The number of rotatable bonds is 5. The number of ether oxygens (including phenoxy) is 1. The molecule has 3 nitrogen and oxygen atoms in total. The molecular weight excluding hydrogens is 298 g/mol. The lowest BCUT2D eigenvalue weighted by atomic mass is 10.1. The largest absolute Gasteiger partial charge is 0.481 e.